The summed E-state index contributed by atoms with van der Waals surface area (Å²) in [6.45, 7) is 0.833. The molecule has 0 spiro atoms. The zero-order chi connectivity index (χ0) is 13.0. The molecule has 0 aromatic heterocycles. The van der Waals surface area contributed by atoms with Crippen LogP contribution in [0.3, 0.4) is 0 Å². The number of nitrogens with one attached hydrogen (secondary N) is 1. The van der Waals surface area contributed by atoms with Crippen LogP contribution in [0.25, 0.3) is 11.1 Å². The maximum absolute atomic E-state index is 6.17. The first-order valence-corrected chi connectivity index (χ1v) is 6.20. The van der Waals surface area contributed by atoms with E-state index in [2.05, 4.69) is 17.4 Å². The summed E-state index contributed by atoms with van der Waals surface area (Å²) >= 11 is 6.17. The summed E-state index contributed by atoms with van der Waals surface area (Å²) in [4.78, 5) is 0. The van der Waals surface area contributed by atoms with Gasteiger partial charge < -0.3 is 10.1 Å². The fraction of sp³-hybridized carbons (Fsp3) is 0.200. The molecule has 0 amide bonds. The molecule has 0 bridgehead atoms. The predicted molar refractivity (Wildman–Crippen MR) is 76.2 cm³/mol. The minimum absolute atomic E-state index is 0.634. The molecular formula is C15H16ClNO. The van der Waals surface area contributed by atoms with E-state index in [0.29, 0.717) is 10.8 Å². The highest BCUT2D eigenvalue weighted by Gasteiger charge is 2.07. The second-order valence-corrected chi connectivity index (χ2v) is 4.44. The molecule has 0 saturated carbocycles. The average molecular weight is 262 g/mol. The topological polar surface area (TPSA) is 21.3 Å². The van der Waals surface area contributed by atoms with Gasteiger partial charge in [0.1, 0.15) is 5.75 Å². The van der Waals surface area contributed by atoms with Crippen molar-refractivity contribution in [3.05, 3.63) is 53.1 Å². The normalized spacial score (nSPS) is 10.4. The molecule has 0 aliphatic carbocycles. The van der Waals surface area contributed by atoms with Crippen molar-refractivity contribution < 1.29 is 4.74 Å². The lowest BCUT2D eigenvalue weighted by atomic mass is 9.99. The zero-order valence-corrected chi connectivity index (χ0v) is 11.3. The molecule has 1 N–H and O–H groups in total. The number of ether oxygens (including phenoxy) is 1. The van der Waals surface area contributed by atoms with Crippen molar-refractivity contribution in [1.29, 1.82) is 0 Å². The van der Waals surface area contributed by atoms with Gasteiger partial charge in [0, 0.05) is 6.54 Å². The molecule has 2 aromatic carbocycles. The van der Waals surface area contributed by atoms with Crippen LogP contribution >= 0.6 is 11.6 Å². The molecular weight excluding hydrogens is 246 g/mol. The van der Waals surface area contributed by atoms with Crippen molar-refractivity contribution in [2.45, 2.75) is 6.54 Å². The fourth-order valence-electron chi connectivity index (χ4n) is 1.98. The molecule has 0 atom stereocenters. The van der Waals surface area contributed by atoms with Gasteiger partial charge >= 0.3 is 0 Å². The van der Waals surface area contributed by atoms with Gasteiger partial charge in [-0.1, -0.05) is 41.9 Å². The van der Waals surface area contributed by atoms with Gasteiger partial charge in [-0.3, -0.25) is 0 Å². The molecule has 2 nitrogen and oxygen atoms in total. The molecule has 94 valence electrons. The van der Waals surface area contributed by atoms with Crippen LogP contribution in [0.4, 0.5) is 0 Å². The lowest BCUT2D eigenvalue weighted by Gasteiger charge is -2.11. The van der Waals surface area contributed by atoms with Crippen molar-refractivity contribution in [1.82, 2.24) is 5.32 Å². The summed E-state index contributed by atoms with van der Waals surface area (Å²) in [6, 6.07) is 14.2. The number of hydrogen-bond donors (Lipinski definition) is 1. The summed E-state index contributed by atoms with van der Waals surface area (Å²) in [6.07, 6.45) is 0. The van der Waals surface area contributed by atoms with Crippen molar-refractivity contribution in [2.24, 2.45) is 0 Å². The summed E-state index contributed by atoms with van der Waals surface area (Å²) in [5, 5.41) is 3.81. The van der Waals surface area contributed by atoms with Gasteiger partial charge in [0.25, 0.3) is 0 Å². The number of benzene rings is 2. The molecule has 2 rings (SSSR count). The second kappa shape index (κ2) is 5.89. The van der Waals surface area contributed by atoms with Gasteiger partial charge in [0.05, 0.1) is 12.1 Å². The molecule has 0 unspecified atom stereocenters. The van der Waals surface area contributed by atoms with Crippen molar-refractivity contribution in [3.8, 4) is 16.9 Å². The molecule has 3 heteroatoms. The van der Waals surface area contributed by atoms with E-state index in [1.165, 1.54) is 11.1 Å². The molecule has 0 fully saturated rings. The lowest BCUT2D eigenvalue weighted by molar-refractivity contribution is 0.415. The Labute approximate surface area is 113 Å². The minimum atomic E-state index is 0.634. The predicted octanol–water partition coefficient (Wildman–Crippen LogP) is 3.74. The maximum atomic E-state index is 6.17. The number of rotatable bonds is 4. The van der Waals surface area contributed by atoms with E-state index in [-0.39, 0.29) is 0 Å². The van der Waals surface area contributed by atoms with Crippen LogP contribution in [0.2, 0.25) is 5.02 Å². The first-order chi connectivity index (χ1) is 8.76. The van der Waals surface area contributed by atoms with E-state index >= 15 is 0 Å². The molecule has 2 aromatic rings. The van der Waals surface area contributed by atoms with E-state index in [1.807, 2.05) is 37.4 Å². The van der Waals surface area contributed by atoms with E-state index in [9.17, 15) is 0 Å². The molecule has 0 radical (unpaired) electrons. The van der Waals surface area contributed by atoms with Crippen LogP contribution in [0.1, 0.15) is 5.56 Å². The van der Waals surface area contributed by atoms with Gasteiger partial charge in [-0.05, 0) is 35.9 Å². The van der Waals surface area contributed by atoms with Gasteiger partial charge in [0.15, 0.2) is 0 Å². The zero-order valence-electron chi connectivity index (χ0n) is 10.5. The molecule has 0 heterocycles. The highest BCUT2D eigenvalue weighted by molar-refractivity contribution is 6.32. The molecule has 0 aliphatic rings. The van der Waals surface area contributed by atoms with Crippen molar-refractivity contribution in [2.75, 3.05) is 14.2 Å². The van der Waals surface area contributed by atoms with Crippen LogP contribution in [-0.4, -0.2) is 14.2 Å². The Kier molecular flexibility index (Phi) is 4.24. The van der Waals surface area contributed by atoms with E-state index in [0.717, 1.165) is 12.1 Å². The van der Waals surface area contributed by atoms with Crippen molar-refractivity contribution in [3.63, 3.8) is 0 Å². The van der Waals surface area contributed by atoms with Gasteiger partial charge in [-0.25, -0.2) is 0 Å². The smallest absolute Gasteiger partial charge is 0.137 e. The summed E-state index contributed by atoms with van der Waals surface area (Å²) < 4.78 is 5.17. The van der Waals surface area contributed by atoms with Crippen LogP contribution in [0.15, 0.2) is 42.5 Å². The summed E-state index contributed by atoms with van der Waals surface area (Å²) in [5.41, 5.74) is 3.55. The Morgan fingerprint density at radius 3 is 2.61 bits per heavy atom. The summed E-state index contributed by atoms with van der Waals surface area (Å²) in [7, 11) is 3.56. The molecule has 0 aliphatic heterocycles. The first kappa shape index (κ1) is 12.9. The Morgan fingerprint density at radius 2 is 1.94 bits per heavy atom. The summed E-state index contributed by atoms with van der Waals surface area (Å²) in [5.74, 6) is 0.700. The standard InChI is InChI=1S/C15H16ClNO/c1-17-10-12-5-3-4-6-13(12)11-7-8-15(18-2)14(16)9-11/h3-9,17H,10H2,1-2H3. The van der Waals surface area contributed by atoms with E-state index in [4.69, 9.17) is 16.3 Å². The lowest BCUT2D eigenvalue weighted by Crippen LogP contribution is -2.06. The average Bonchev–Trinajstić information content (AvgIpc) is 2.40. The van der Waals surface area contributed by atoms with E-state index in [1.54, 1.807) is 7.11 Å². The van der Waals surface area contributed by atoms with Crippen LogP contribution < -0.4 is 10.1 Å². The van der Waals surface area contributed by atoms with Crippen molar-refractivity contribution >= 4 is 11.6 Å². The van der Waals surface area contributed by atoms with Crippen LogP contribution in [-0.2, 0) is 6.54 Å². The third kappa shape index (κ3) is 2.66. The Balaban J connectivity index is 2.45. The quantitative estimate of drug-likeness (QED) is 0.905. The van der Waals surface area contributed by atoms with Gasteiger partial charge in [-0.15, -0.1) is 0 Å². The van der Waals surface area contributed by atoms with Crippen LogP contribution in [0.5, 0.6) is 5.75 Å². The number of hydrogen-bond acceptors (Lipinski definition) is 2. The highest BCUT2D eigenvalue weighted by Crippen LogP contribution is 2.31. The first-order valence-electron chi connectivity index (χ1n) is 5.82. The SMILES string of the molecule is CNCc1ccccc1-c1ccc(OC)c(Cl)c1. The Morgan fingerprint density at radius 1 is 1.17 bits per heavy atom. The maximum Gasteiger partial charge on any atom is 0.137 e. The largest absolute Gasteiger partial charge is 0.495 e. The molecule has 0 saturated heterocycles. The van der Waals surface area contributed by atoms with Crippen LogP contribution in [0, 0.1) is 0 Å². The monoisotopic (exact) mass is 261 g/mol. The minimum Gasteiger partial charge on any atom is -0.495 e. The van der Waals surface area contributed by atoms with Gasteiger partial charge in [-0.2, -0.15) is 0 Å². The van der Waals surface area contributed by atoms with Gasteiger partial charge in [0.2, 0.25) is 0 Å². The number of methoxy groups -OCH3 is 1. The third-order valence-corrected chi connectivity index (χ3v) is 3.14. The third-order valence-electron chi connectivity index (χ3n) is 2.85. The highest BCUT2D eigenvalue weighted by atomic mass is 35.5. The fourth-order valence-corrected chi connectivity index (χ4v) is 2.24. The second-order valence-electron chi connectivity index (χ2n) is 4.04. The molecule has 18 heavy (non-hydrogen) atoms. The van der Waals surface area contributed by atoms with E-state index < -0.39 is 0 Å². The Bertz CT molecular complexity index is 540. The Hall–Kier alpha value is -1.51. The number of halogens is 1.